The number of H-pyrrole nitrogens is 1. The van der Waals surface area contributed by atoms with E-state index in [-0.39, 0.29) is 0 Å². The van der Waals surface area contributed by atoms with Crippen molar-refractivity contribution in [2.45, 2.75) is 0 Å². The third kappa shape index (κ3) is 10.3. The number of benzene rings is 12. The Morgan fingerprint density at radius 3 is 1.24 bits per heavy atom. The number of hydrogen-bond donors (Lipinski definition) is 1. The molecule has 91 heavy (non-hydrogen) atoms. The van der Waals surface area contributed by atoms with E-state index in [0.29, 0.717) is 5.82 Å². The molecule has 0 aliphatic carbocycles. The van der Waals surface area contributed by atoms with Crippen molar-refractivity contribution in [3.8, 4) is 73.5 Å². The number of aromatic amines is 1. The van der Waals surface area contributed by atoms with Crippen LogP contribution in [-0.4, -0.2) is 39.5 Å². The summed E-state index contributed by atoms with van der Waals surface area (Å²) in [7, 11) is 0. The first kappa shape index (κ1) is 54.6. The van der Waals surface area contributed by atoms with Crippen LogP contribution >= 0.6 is 15.9 Å². The van der Waals surface area contributed by atoms with Gasteiger partial charge in [-0.1, -0.05) is 246 Å². The average molecular weight is 1230 g/mol. The van der Waals surface area contributed by atoms with Gasteiger partial charge in [-0.25, -0.2) is 19.9 Å². The molecule has 12 aromatic carbocycles. The number of halogens is 1. The average Bonchev–Trinajstić information content (AvgIpc) is 2.07. The Labute approximate surface area is 532 Å². The molecule has 18 rings (SSSR count). The zero-order chi connectivity index (χ0) is 60.6. The molecule has 0 bridgehead atoms. The maximum absolute atomic E-state index is 5.11. The highest BCUT2D eigenvalue weighted by Crippen LogP contribution is 2.43. The third-order valence-corrected chi connectivity index (χ3v) is 17.3. The summed E-state index contributed by atoms with van der Waals surface area (Å²) in [5.74, 6) is 1.41. The second-order valence-corrected chi connectivity index (χ2v) is 23.3. The van der Waals surface area contributed by atoms with Gasteiger partial charge in [-0.15, -0.1) is 0 Å². The summed E-state index contributed by atoms with van der Waals surface area (Å²) in [6.45, 7) is 0. The first-order chi connectivity index (χ1) is 45.1. The van der Waals surface area contributed by atoms with Crippen molar-refractivity contribution in [3.05, 3.63) is 320 Å². The number of nitrogens with zero attached hydrogens (tertiary/aromatic N) is 7. The van der Waals surface area contributed by atoms with Gasteiger partial charge in [0.05, 0.1) is 50.4 Å². The summed E-state index contributed by atoms with van der Waals surface area (Å²) >= 11 is 3.53. The Bertz CT molecular complexity index is 5620. The van der Waals surface area contributed by atoms with E-state index in [0.717, 1.165) is 105 Å². The van der Waals surface area contributed by atoms with Crippen LogP contribution in [-0.2, 0) is 0 Å². The first-order valence-corrected chi connectivity index (χ1v) is 31.1. The van der Waals surface area contributed by atoms with Gasteiger partial charge in [0.1, 0.15) is 0 Å². The lowest BCUT2D eigenvalue weighted by molar-refractivity contribution is 1.16. The first-order valence-electron chi connectivity index (χ1n) is 30.3. The highest BCUT2D eigenvalue weighted by Gasteiger charge is 2.21. The molecule has 18 aromatic rings. The van der Waals surface area contributed by atoms with Crippen LogP contribution in [0, 0.1) is 0 Å². The second kappa shape index (κ2) is 23.7. The molecular formula is C82H53BrN8. The van der Waals surface area contributed by atoms with E-state index < -0.39 is 0 Å². The van der Waals surface area contributed by atoms with Gasteiger partial charge in [0.25, 0.3) is 0 Å². The molecule has 1 N–H and O–H groups in total. The molecule has 0 fully saturated rings. The van der Waals surface area contributed by atoms with Gasteiger partial charge in [-0.05, 0) is 83.6 Å². The van der Waals surface area contributed by atoms with Crippen molar-refractivity contribution in [2.75, 3.05) is 0 Å². The summed E-state index contributed by atoms with van der Waals surface area (Å²) < 4.78 is 3.39. The van der Waals surface area contributed by atoms with Crippen molar-refractivity contribution < 1.29 is 0 Å². The van der Waals surface area contributed by atoms with Gasteiger partial charge >= 0.3 is 0 Å². The number of aromatic nitrogens is 8. The standard InChI is InChI=1S/C41H26N4.C22H15BrN2.C19H12N2/c1-3-13-27(14-4-1)35-26-36(28-15-5-2-6-16-28)44-41(43-35)29-17-11-18-30(25-29)45-37-23-10-9-21-33(37)38-31-19-7-8-20-32(31)39-34(40(38)45)22-12-24-42-39;23-19-13-7-12-18(14-19)22-24-20(16-8-3-1-4-9-16)15-21(25-22)17-10-5-2-6-11-17;1-2-7-13-12(6-1)17-14-8-3-4-10-16(14)21-19(17)15-9-5-11-20-18(13)15/h1-26H;1-15H;1-11,21H. The molecule has 0 unspecified atom stereocenters. The molecule has 0 saturated heterocycles. The lowest BCUT2D eigenvalue weighted by Crippen LogP contribution is -1.98. The topological polar surface area (TPSA) is 98.1 Å². The summed E-state index contributed by atoms with van der Waals surface area (Å²) in [4.78, 5) is 32.9. The number of pyridine rings is 2. The monoisotopic (exact) mass is 1230 g/mol. The number of nitrogens with one attached hydrogen (secondary N) is 1. The maximum atomic E-state index is 5.11. The van der Waals surface area contributed by atoms with Gasteiger partial charge in [-0.2, -0.15) is 0 Å². The number of rotatable bonds is 7. The van der Waals surface area contributed by atoms with Crippen molar-refractivity contribution in [1.29, 1.82) is 0 Å². The Morgan fingerprint density at radius 1 is 0.297 bits per heavy atom. The van der Waals surface area contributed by atoms with E-state index in [1.807, 2.05) is 128 Å². The van der Waals surface area contributed by atoms with E-state index in [1.54, 1.807) is 0 Å². The smallest absolute Gasteiger partial charge is 0.160 e. The Hall–Kier alpha value is -11.8. The van der Waals surface area contributed by atoms with Crippen molar-refractivity contribution in [1.82, 2.24) is 39.5 Å². The van der Waals surface area contributed by atoms with E-state index in [4.69, 9.17) is 24.9 Å². The van der Waals surface area contributed by atoms with Crippen LogP contribution in [0.15, 0.2) is 320 Å². The zero-order valence-electron chi connectivity index (χ0n) is 49.0. The largest absolute Gasteiger partial charge is 0.354 e. The van der Waals surface area contributed by atoms with Crippen LogP contribution in [0.1, 0.15) is 0 Å². The molecule has 0 amide bonds. The number of fused-ring (bicyclic) bond motifs is 16. The Balaban J connectivity index is 0.000000121. The van der Waals surface area contributed by atoms with Crippen LogP contribution in [0.2, 0.25) is 0 Å². The molecular weight excluding hydrogens is 1180 g/mol. The molecule has 0 spiro atoms. The van der Waals surface area contributed by atoms with E-state index in [1.165, 1.54) is 54.1 Å². The highest BCUT2D eigenvalue weighted by molar-refractivity contribution is 9.10. The number of hydrogen-bond acceptors (Lipinski definition) is 6. The van der Waals surface area contributed by atoms with Crippen LogP contribution in [0.4, 0.5) is 0 Å². The zero-order valence-corrected chi connectivity index (χ0v) is 50.6. The Kier molecular flexibility index (Phi) is 14.2. The van der Waals surface area contributed by atoms with E-state index in [9.17, 15) is 0 Å². The van der Waals surface area contributed by atoms with E-state index >= 15 is 0 Å². The fraction of sp³-hybridized carbons (Fsp3) is 0. The number of para-hydroxylation sites is 2. The fourth-order valence-electron chi connectivity index (χ4n) is 12.7. The maximum Gasteiger partial charge on any atom is 0.160 e. The molecule has 0 saturated carbocycles. The van der Waals surface area contributed by atoms with Gasteiger partial charge in [0.15, 0.2) is 11.6 Å². The summed E-state index contributed by atoms with van der Waals surface area (Å²) in [6, 6.07) is 104. The lowest BCUT2D eigenvalue weighted by atomic mass is 10.00. The summed E-state index contributed by atoms with van der Waals surface area (Å²) in [5.41, 5.74) is 17.6. The third-order valence-electron chi connectivity index (χ3n) is 16.8. The predicted molar refractivity (Wildman–Crippen MR) is 380 cm³/mol. The second-order valence-electron chi connectivity index (χ2n) is 22.3. The van der Waals surface area contributed by atoms with Crippen LogP contribution in [0.25, 0.3) is 160 Å². The molecule has 0 atom stereocenters. The minimum Gasteiger partial charge on any atom is -0.354 e. The summed E-state index contributed by atoms with van der Waals surface area (Å²) in [6.07, 6.45) is 3.75. The van der Waals surface area contributed by atoms with Crippen LogP contribution < -0.4 is 0 Å². The molecule has 0 radical (unpaired) electrons. The Morgan fingerprint density at radius 2 is 0.703 bits per heavy atom. The molecule has 0 aliphatic heterocycles. The quantitative estimate of drug-likeness (QED) is 0.160. The molecule has 6 aromatic heterocycles. The molecule has 6 heterocycles. The normalized spacial score (nSPS) is 11.4. The SMILES string of the molecule is Brc1cccc(-c2nc(-c3ccccc3)cc(-c3ccccc3)n2)c1.c1ccc(-c2cc(-c3ccccc3)nc(-c3cccc(-n4c5ccccc5c5c6ccccc6c6ncccc6c54)c3)n2)cc1.c1ccc2c(c1)[nH]c1c3cccnc3c3ccccc3c21. The van der Waals surface area contributed by atoms with Gasteiger partial charge < -0.3 is 9.55 Å². The van der Waals surface area contributed by atoms with Crippen LogP contribution in [0.5, 0.6) is 0 Å². The van der Waals surface area contributed by atoms with Crippen molar-refractivity contribution in [3.63, 3.8) is 0 Å². The predicted octanol–water partition coefficient (Wildman–Crippen LogP) is 21.5. The molecule has 0 aliphatic rings. The molecule has 9 heteroatoms. The van der Waals surface area contributed by atoms with E-state index in [2.05, 4.69) is 219 Å². The molecule has 8 nitrogen and oxygen atoms in total. The van der Waals surface area contributed by atoms with Crippen LogP contribution in [0.3, 0.4) is 0 Å². The highest BCUT2D eigenvalue weighted by atomic mass is 79.9. The summed E-state index contributed by atoms with van der Waals surface area (Å²) in [5, 5.41) is 12.2. The molecule has 428 valence electrons. The van der Waals surface area contributed by atoms with Crippen molar-refractivity contribution in [2.24, 2.45) is 0 Å². The van der Waals surface area contributed by atoms with Gasteiger partial charge in [0.2, 0.25) is 0 Å². The van der Waals surface area contributed by atoms with Gasteiger partial charge in [0, 0.05) is 105 Å². The fourth-order valence-corrected chi connectivity index (χ4v) is 13.1. The lowest BCUT2D eigenvalue weighted by Gasteiger charge is -2.13. The minimum atomic E-state index is 0.690. The van der Waals surface area contributed by atoms with Gasteiger partial charge in [-0.3, -0.25) is 9.97 Å². The minimum absolute atomic E-state index is 0.690. The van der Waals surface area contributed by atoms with Crippen molar-refractivity contribution >= 4 is 103 Å².